The summed E-state index contributed by atoms with van der Waals surface area (Å²) in [4.78, 5) is 0. The first-order valence-electron chi connectivity index (χ1n) is 6.29. The van der Waals surface area contributed by atoms with Crippen molar-refractivity contribution in [1.82, 2.24) is 5.32 Å². The third kappa shape index (κ3) is 2.26. The first-order chi connectivity index (χ1) is 8.44. The Balaban J connectivity index is 2.37. The number of benzene rings is 1. The molecule has 1 aliphatic heterocycles. The first kappa shape index (κ1) is 13.4. The van der Waals surface area contributed by atoms with E-state index >= 15 is 0 Å². The van der Waals surface area contributed by atoms with Gasteiger partial charge in [-0.3, -0.25) is 0 Å². The van der Waals surface area contributed by atoms with Gasteiger partial charge in [0.1, 0.15) is 5.67 Å². The zero-order valence-corrected chi connectivity index (χ0v) is 10.7. The molecule has 1 aliphatic rings. The van der Waals surface area contributed by atoms with Crippen LogP contribution in [-0.2, 0) is 5.67 Å². The molecule has 0 spiro atoms. The molecule has 1 N–H and O–H groups in total. The quantitative estimate of drug-likeness (QED) is 0.855. The number of piperidine rings is 1. The van der Waals surface area contributed by atoms with Crippen molar-refractivity contribution in [2.45, 2.75) is 32.4 Å². The molecule has 1 fully saturated rings. The predicted molar refractivity (Wildman–Crippen MR) is 65.1 cm³/mol. The molecule has 1 aromatic carbocycles. The van der Waals surface area contributed by atoms with E-state index in [0.29, 0.717) is 13.0 Å². The van der Waals surface area contributed by atoms with Gasteiger partial charge in [0.05, 0.1) is 0 Å². The van der Waals surface area contributed by atoms with E-state index in [1.807, 2.05) is 0 Å². The summed E-state index contributed by atoms with van der Waals surface area (Å²) in [5.74, 6) is -2.31. The molecule has 0 saturated carbocycles. The number of hydrogen-bond acceptors (Lipinski definition) is 1. The molecule has 0 aliphatic carbocycles. The molecule has 1 nitrogen and oxygen atoms in total. The largest absolute Gasteiger partial charge is 0.316 e. The Morgan fingerprint density at radius 2 is 2.00 bits per heavy atom. The highest BCUT2D eigenvalue weighted by Gasteiger charge is 2.39. The molecule has 0 amide bonds. The topological polar surface area (TPSA) is 12.0 Å². The Kier molecular flexibility index (Phi) is 3.66. The van der Waals surface area contributed by atoms with Crippen LogP contribution in [0, 0.1) is 24.5 Å². The smallest absolute Gasteiger partial charge is 0.165 e. The molecule has 4 heteroatoms. The van der Waals surface area contributed by atoms with Crippen LogP contribution in [0.5, 0.6) is 0 Å². The SMILES string of the molecule is Cc1ccc(C(C)(F)C2CCCNC2)c(F)c1F. The van der Waals surface area contributed by atoms with Gasteiger partial charge in [0, 0.05) is 18.0 Å². The number of alkyl halides is 1. The summed E-state index contributed by atoms with van der Waals surface area (Å²) < 4.78 is 42.2. The Morgan fingerprint density at radius 1 is 1.28 bits per heavy atom. The second kappa shape index (κ2) is 4.92. The summed E-state index contributed by atoms with van der Waals surface area (Å²) in [5.41, 5.74) is -1.81. The van der Waals surface area contributed by atoms with E-state index in [1.165, 1.54) is 26.0 Å². The standard InChI is InChI=1S/C14H18F3N/c1-9-5-6-11(13(16)12(9)15)14(2,17)10-4-3-7-18-8-10/h5-6,10,18H,3-4,7-8H2,1-2H3. The van der Waals surface area contributed by atoms with E-state index in [-0.39, 0.29) is 17.0 Å². The molecular formula is C14H18F3N. The fraction of sp³-hybridized carbons (Fsp3) is 0.571. The number of rotatable bonds is 2. The van der Waals surface area contributed by atoms with Gasteiger partial charge in [-0.05, 0) is 38.8 Å². The number of hydrogen-bond donors (Lipinski definition) is 1. The van der Waals surface area contributed by atoms with Gasteiger partial charge in [-0.25, -0.2) is 13.2 Å². The summed E-state index contributed by atoms with van der Waals surface area (Å²) in [7, 11) is 0. The molecule has 1 heterocycles. The normalized spacial score (nSPS) is 23.7. The van der Waals surface area contributed by atoms with Crippen LogP contribution in [0.25, 0.3) is 0 Å². The minimum absolute atomic E-state index is 0.167. The molecule has 2 rings (SSSR count). The molecule has 100 valence electrons. The van der Waals surface area contributed by atoms with Gasteiger partial charge in [0.15, 0.2) is 11.6 Å². The molecule has 0 bridgehead atoms. The maximum absolute atomic E-state index is 14.8. The fourth-order valence-electron chi connectivity index (χ4n) is 2.56. The van der Waals surface area contributed by atoms with Gasteiger partial charge >= 0.3 is 0 Å². The van der Waals surface area contributed by atoms with Crippen LogP contribution in [0.3, 0.4) is 0 Å². The van der Waals surface area contributed by atoms with Crippen LogP contribution in [-0.4, -0.2) is 13.1 Å². The zero-order valence-electron chi connectivity index (χ0n) is 10.7. The van der Waals surface area contributed by atoms with Crippen LogP contribution < -0.4 is 5.32 Å². The fourth-order valence-corrected chi connectivity index (χ4v) is 2.56. The zero-order chi connectivity index (χ0) is 13.3. The van der Waals surface area contributed by atoms with E-state index < -0.39 is 17.3 Å². The molecular weight excluding hydrogens is 239 g/mol. The van der Waals surface area contributed by atoms with Gasteiger partial charge in [-0.1, -0.05) is 12.1 Å². The second-order valence-electron chi connectivity index (χ2n) is 5.18. The summed E-state index contributed by atoms with van der Waals surface area (Å²) in [6.07, 6.45) is 1.55. The number of halogens is 3. The van der Waals surface area contributed by atoms with Crippen molar-refractivity contribution in [3.05, 3.63) is 34.9 Å². The van der Waals surface area contributed by atoms with E-state index in [0.717, 1.165) is 13.0 Å². The van der Waals surface area contributed by atoms with Crippen LogP contribution in [0.1, 0.15) is 30.9 Å². The molecule has 1 saturated heterocycles. The van der Waals surface area contributed by atoms with Crippen molar-refractivity contribution in [3.63, 3.8) is 0 Å². The Hall–Kier alpha value is -1.03. The molecule has 2 atom stereocenters. The molecule has 18 heavy (non-hydrogen) atoms. The molecule has 2 unspecified atom stereocenters. The average molecular weight is 257 g/mol. The van der Waals surface area contributed by atoms with Gasteiger partial charge in [0.25, 0.3) is 0 Å². The Labute approximate surface area is 105 Å². The predicted octanol–water partition coefficient (Wildman–Crippen LogP) is 3.46. The minimum Gasteiger partial charge on any atom is -0.316 e. The van der Waals surface area contributed by atoms with Gasteiger partial charge in [-0.15, -0.1) is 0 Å². The lowest BCUT2D eigenvalue weighted by molar-refractivity contribution is 0.0763. The van der Waals surface area contributed by atoms with Crippen molar-refractivity contribution >= 4 is 0 Å². The lowest BCUT2D eigenvalue weighted by atomic mass is 9.79. The summed E-state index contributed by atoms with van der Waals surface area (Å²) in [5, 5.41) is 3.10. The second-order valence-corrected chi connectivity index (χ2v) is 5.18. The van der Waals surface area contributed by atoms with Crippen LogP contribution in [0.2, 0.25) is 0 Å². The highest BCUT2D eigenvalue weighted by Crippen LogP contribution is 2.39. The van der Waals surface area contributed by atoms with Crippen molar-refractivity contribution in [2.75, 3.05) is 13.1 Å². The summed E-state index contributed by atoms with van der Waals surface area (Å²) in [6.45, 7) is 4.18. The van der Waals surface area contributed by atoms with Crippen molar-refractivity contribution in [2.24, 2.45) is 5.92 Å². The average Bonchev–Trinajstić information content (AvgIpc) is 2.37. The molecule has 0 aromatic heterocycles. The van der Waals surface area contributed by atoms with Gasteiger partial charge in [0.2, 0.25) is 0 Å². The van der Waals surface area contributed by atoms with Crippen LogP contribution >= 0.6 is 0 Å². The maximum atomic E-state index is 14.8. The van der Waals surface area contributed by atoms with E-state index in [1.54, 1.807) is 0 Å². The lowest BCUT2D eigenvalue weighted by Gasteiger charge is -2.34. The maximum Gasteiger partial charge on any atom is 0.165 e. The third-order valence-corrected chi connectivity index (χ3v) is 3.87. The Bertz CT molecular complexity index is 437. The van der Waals surface area contributed by atoms with Gasteiger partial charge < -0.3 is 5.32 Å². The van der Waals surface area contributed by atoms with Crippen LogP contribution in [0.4, 0.5) is 13.2 Å². The van der Waals surface area contributed by atoms with Crippen molar-refractivity contribution in [3.8, 4) is 0 Å². The number of aryl methyl sites for hydroxylation is 1. The van der Waals surface area contributed by atoms with E-state index in [2.05, 4.69) is 5.32 Å². The molecule has 0 radical (unpaired) electrons. The lowest BCUT2D eigenvalue weighted by Crippen LogP contribution is -2.40. The van der Waals surface area contributed by atoms with Crippen LogP contribution in [0.15, 0.2) is 12.1 Å². The highest BCUT2D eigenvalue weighted by atomic mass is 19.2. The first-order valence-corrected chi connectivity index (χ1v) is 6.29. The minimum atomic E-state index is -1.84. The molecule has 1 aromatic rings. The van der Waals surface area contributed by atoms with E-state index in [9.17, 15) is 13.2 Å². The Morgan fingerprint density at radius 3 is 2.61 bits per heavy atom. The van der Waals surface area contributed by atoms with Crippen molar-refractivity contribution < 1.29 is 13.2 Å². The summed E-state index contributed by atoms with van der Waals surface area (Å²) in [6, 6.07) is 2.80. The summed E-state index contributed by atoms with van der Waals surface area (Å²) >= 11 is 0. The van der Waals surface area contributed by atoms with E-state index in [4.69, 9.17) is 0 Å². The van der Waals surface area contributed by atoms with Crippen molar-refractivity contribution in [1.29, 1.82) is 0 Å². The monoisotopic (exact) mass is 257 g/mol. The number of nitrogens with one attached hydrogen (secondary N) is 1. The van der Waals surface area contributed by atoms with Gasteiger partial charge in [-0.2, -0.15) is 0 Å². The third-order valence-electron chi connectivity index (χ3n) is 3.87. The highest BCUT2D eigenvalue weighted by molar-refractivity contribution is 5.30.